The molecule has 1 aliphatic rings. The van der Waals surface area contributed by atoms with Crippen LogP contribution in [0.15, 0.2) is 6.07 Å². The van der Waals surface area contributed by atoms with E-state index >= 15 is 0 Å². The Morgan fingerprint density at radius 2 is 2.00 bits per heavy atom. The minimum atomic E-state index is 0.618. The van der Waals surface area contributed by atoms with Gasteiger partial charge in [-0.2, -0.15) is 5.26 Å². The predicted octanol–water partition coefficient (Wildman–Crippen LogP) is 2.42. The van der Waals surface area contributed by atoms with Gasteiger partial charge < -0.3 is 9.88 Å². The Morgan fingerprint density at radius 3 is 2.52 bits per heavy atom. The third-order valence-electron chi connectivity index (χ3n) is 4.80. The van der Waals surface area contributed by atoms with Gasteiger partial charge in [-0.3, -0.25) is 4.90 Å². The Labute approximate surface area is 128 Å². The molecule has 2 rings (SSSR count). The van der Waals surface area contributed by atoms with Gasteiger partial charge in [0, 0.05) is 31.9 Å². The molecular weight excluding hydrogens is 260 g/mol. The Hall–Kier alpha value is -1.31. The fourth-order valence-corrected chi connectivity index (χ4v) is 3.26. The Balaban J connectivity index is 1.92. The topological polar surface area (TPSA) is 44.0 Å². The summed E-state index contributed by atoms with van der Waals surface area (Å²) in [7, 11) is 1.96. The zero-order valence-corrected chi connectivity index (χ0v) is 13.8. The molecule has 0 spiro atoms. The van der Waals surface area contributed by atoms with E-state index in [1.807, 2.05) is 17.7 Å². The number of nitrogens with zero attached hydrogens (tertiary/aromatic N) is 3. The second-order valence-corrected chi connectivity index (χ2v) is 6.50. The first-order valence-corrected chi connectivity index (χ1v) is 8.04. The van der Waals surface area contributed by atoms with Crippen LogP contribution >= 0.6 is 0 Å². The van der Waals surface area contributed by atoms with Crippen LogP contribution in [0.3, 0.4) is 0 Å². The Morgan fingerprint density at radius 1 is 1.33 bits per heavy atom. The van der Waals surface area contributed by atoms with Crippen LogP contribution in [0.2, 0.25) is 0 Å². The first kappa shape index (κ1) is 16.1. The maximum Gasteiger partial charge on any atom is 0.120 e. The van der Waals surface area contributed by atoms with Crippen LogP contribution in [0.5, 0.6) is 0 Å². The van der Waals surface area contributed by atoms with E-state index in [2.05, 4.69) is 37.1 Å². The normalized spacial score (nSPS) is 17.3. The number of likely N-dealkylation sites (tertiary alicyclic amines) is 1. The van der Waals surface area contributed by atoms with E-state index in [1.165, 1.54) is 37.2 Å². The number of hydrogen-bond donors (Lipinski definition) is 1. The summed E-state index contributed by atoms with van der Waals surface area (Å²) in [6.07, 6.45) is 2.68. The summed E-state index contributed by atoms with van der Waals surface area (Å²) >= 11 is 0. The molecule has 1 saturated heterocycles. The largest absolute Gasteiger partial charge is 0.340 e. The van der Waals surface area contributed by atoms with Crippen molar-refractivity contribution in [2.75, 3.05) is 19.6 Å². The van der Waals surface area contributed by atoms with Crippen molar-refractivity contribution in [1.82, 2.24) is 14.8 Å². The average Bonchev–Trinajstić information content (AvgIpc) is 3.06. The molecule has 2 heterocycles. The van der Waals surface area contributed by atoms with Crippen molar-refractivity contribution >= 4 is 0 Å². The summed E-state index contributed by atoms with van der Waals surface area (Å²) in [6, 6.07) is 4.87. The lowest BCUT2D eigenvalue weighted by Gasteiger charge is -2.31. The molecule has 0 aliphatic carbocycles. The maximum absolute atomic E-state index is 9.09. The van der Waals surface area contributed by atoms with Gasteiger partial charge in [0.15, 0.2) is 0 Å². The quantitative estimate of drug-likeness (QED) is 0.874. The zero-order chi connectivity index (χ0) is 15.4. The lowest BCUT2D eigenvalue weighted by atomic mass is 10.0. The molecule has 1 aromatic heterocycles. The van der Waals surface area contributed by atoms with Gasteiger partial charge in [0.2, 0.25) is 0 Å². The molecule has 1 unspecified atom stereocenters. The fourth-order valence-electron chi connectivity index (χ4n) is 3.26. The smallest absolute Gasteiger partial charge is 0.120 e. The van der Waals surface area contributed by atoms with Crippen molar-refractivity contribution in [1.29, 1.82) is 5.26 Å². The first-order valence-electron chi connectivity index (χ1n) is 8.04. The van der Waals surface area contributed by atoms with Crippen molar-refractivity contribution in [3.8, 4) is 6.07 Å². The van der Waals surface area contributed by atoms with Crippen molar-refractivity contribution < 1.29 is 0 Å². The van der Waals surface area contributed by atoms with E-state index in [4.69, 9.17) is 5.26 Å². The fraction of sp³-hybridized carbons (Fsp3) is 0.706. The molecule has 1 aromatic rings. The molecular formula is C17H28N4. The molecule has 0 amide bonds. The van der Waals surface area contributed by atoms with Gasteiger partial charge in [0.25, 0.3) is 0 Å². The van der Waals surface area contributed by atoms with Gasteiger partial charge in [-0.1, -0.05) is 13.8 Å². The van der Waals surface area contributed by atoms with E-state index in [0.29, 0.717) is 12.0 Å². The molecule has 4 heteroatoms. The van der Waals surface area contributed by atoms with Gasteiger partial charge in [0.05, 0.1) is 0 Å². The number of hydrogen-bond acceptors (Lipinski definition) is 3. The number of nitrogens with one attached hydrogen (secondary N) is 1. The summed E-state index contributed by atoms with van der Waals surface area (Å²) in [6.45, 7) is 11.1. The molecule has 0 aromatic carbocycles. The maximum atomic E-state index is 9.09. The van der Waals surface area contributed by atoms with E-state index in [9.17, 15) is 0 Å². The summed E-state index contributed by atoms with van der Waals surface area (Å²) in [5.74, 6) is 0.669. The summed E-state index contributed by atoms with van der Waals surface area (Å²) < 4.78 is 1.97. The zero-order valence-electron chi connectivity index (χ0n) is 13.8. The number of aromatic nitrogens is 1. The highest BCUT2D eigenvalue weighted by Gasteiger charge is 2.24. The highest BCUT2D eigenvalue weighted by molar-refractivity contribution is 5.34. The molecule has 1 atom stereocenters. The SMILES string of the molecule is Cc1c(CNCC(C(C)C)N2CCCC2)cc(C#N)n1C. The Kier molecular flexibility index (Phi) is 5.44. The lowest BCUT2D eigenvalue weighted by molar-refractivity contribution is 0.186. The monoisotopic (exact) mass is 288 g/mol. The van der Waals surface area contributed by atoms with Crippen molar-refractivity contribution in [2.45, 2.75) is 46.2 Å². The number of rotatable bonds is 6. The lowest BCUT2D eigenvalue weighted by Crippen LogP contribution is -2.44. The van der Waals surface area contributed by atoms with Crippen molar-refractivity contribution in [3.05, 3.63) is 23.0 Å². The van der Waals surface area contributed by atoms with Gasteiger partial charge in [-0.15, -0.1) is 0 Å². The van der Waals surface area contributed by atoms with Gasteiger partial charge in [-0.05, 0) is 50.4 Å². The molecule has 116 valence electrons. The van der Waals surface area contributed by atoms with Crippen LogP contribution in [-0.2, 0) is 13.6 Å². The van der Waals surface area contributed by atoms with Crippen LogP contribution in [-0.4, -0.2) is 35.1 Å². The molecule has 1 fully saturated rings. The molecule has 1 N–H and O–H groups in total. The van der Waals surface area contributed by atoms with Gasteiger partial charge in [-0.25, -0.2) is 0 Å². The van der Waals surface area contributed by atoms with Crippen LogP contribution in [0, 0.1) is 24.2 Å². The average molecular weight is 288 g/mol. The van der Waals surface area contributed by atoms with E-state index in [1.54, 1.807) is 0 Å². The third-order valence-corrected chi connectivity index (χ3v) is 4.80. The molecule has 4 nitrogen and oxygen atoms in total. The minimum Gasteiger partial charge on any atom is -0.340 e. The predicted molar refractivity (Wildman–Crippen MR) is 86.0 cm³/mol. The summed E-state index contributed by atoms with van der Waals surface area (Å²) in [4.78, 5) is 2.62. The van der Waals surface area contributed by atoms with Gasteiger partial charge in [0.1, 0.15) is 11.8 Å². The van der Waals surface area contributed by atoms with E-state index < -0.39 is 0 Å². The van der Waals surface area contributed by atoms with Crippen LogP contribution < -0.4 is 5.32 Å². The van der Waals surface area contributed by atoms with Crippen molar-refractivity contribution in [3.63, 3.8) is 0 Å². The Bertz CT molecular complexity index is 504. The highest BCUT2D eigenvalue weighted by atomic mass is 15.2. The van der Waals surface area contributed by atoms with Crippen LogP contribution in [0.25, 0.3) is 0 Å². The van der Waals surface area contributed by atoms with Crippen LogP contribution in [0.1, 0.15) is 43.6 Å². The first-order chi connectivity index (χ1) is 10.0. The highest BCUT2D eigenvalue weighted by Crippen LogP contribution is 2.18. The summed E-state index contributed by atoms with van der Waals surface area (Å²) in [5.41, 5.74) is 3.16. The molecule has 1 aliphatic heterocycles. The van der Waals surface area contributed by atoms with Crippen LogP contribution in [0.4, 0.5) is 0 Å². The molecule has 0 saturated carbocycles. The van der Waals surface area contributed by atoms with E-state index in [0.717, 1.165) is 18.8 Å². The van der Waals surface area contributed by atoms with Gasteiger partial charge >= 0.3 is 0 Å². The number of nitriles is 1. The molecule has 0 radical (unpaired) electrons. The second-order valence-electron chi connectivity index (χ2n) is 6.50. The molecule has 21 heavy (non-hydrogen) atoms. The summed E-state index contributed by atoms with van der Waals surface area (Å²) in [5, 5.41) is 12.7. The van der Waals surface area contributed by atoms with Crippen molar-refractivity contribution in [2.24, 2.45) is 13.0 Å². The standard InChI is InChI=1S/C17H28N4/c1-13(2)17(21-7-5-6-8-21)12-19-11-15-9-16(10-18)20(4)14(15)3/h9,13,17,19H,5-8,11-12H2,1-4H3. The van der Waals surface area contributed by atoms with E-state index in [-0.39, 0.29) is 0 Å². The minimum absolute atomic E-state index is 0.618. The molecule has 0 bridgehead atoms. The second kappa shape index (κ2) is 7.11. The third kappa shape index (κ3) is 3.66.